The Balaban J connectivity index is 1.93. The van der Waals surface area contributed by atoms with Gasteiger partial charge in [-0.25, -0.2) is 0 Å². The number of hydrogen-bond donors (Lipinski definition) is 2. The SMILES string of the molecule is CN=C(NCc1ccccc1OC)NCc1ccccc1OC. The van der Waals surface area contributed by atoms with E-state index in [0.29, 0.717) is 13.1 Å². The van der Waals surface area contributed by atoms with Gasteiger partial charge < -0.3 is 20.1 Å². The number of benzene rings is 2. The van der Waals surface area contributed by atoms with Crippen molar-refractivity contribution in [2.75, 3.05) is 21.3 Å². The summed E-state index contributed by atoms with van der Waals surface area (Å²) in [4.78, 5) is 4.24. The number of guanidine groups is 1. The number of nitrogens with one attached hydrogen (secondary N) is 2. The van der Waals surface area contributed by atoms with Crippen LogP contribution in [0.2, 0.25) is 0 Å². The molecule has 0 atom stereocenters. The smallest absolute Gasteiger partial charge is 0.191 e. The predicted molar refractivity (Wildman–Crippen MR) is 93.0 cm³/mol. The Morgan fingerprint density at radius 1 is 0.826 bits per heavy atom. The number of methoxy groups -OCH3 is 2. The van der Waals surface area contributed by atoms with Gasteiger partial charge in [0.2, 0.25) is 0 Å². The highest BCUT2D eigenvalue weighted by atomic mass is 16.5. The molecule has 0 spiro atoms. The van der Waals surface area contributed by atoms with Crippen LogP contribution in [0.25, 0.3) is 0 Å². The third-order valence-electron chi connectivity index (χ3n) is 3.50. The van der Waals surface area contributed by atoms with Crippen LogP contribution in [0.3, 0.4) is 0 Å². The summed E-state index contributed by atoms with van der Waals surface area (Å²) in [6.45, 7) is 1.27. The van der Waals surface area contributed by atoms with Gasteiger partial charge >= 0.3 is 0 Å². The molecule has 0 amide bonds. The van der Waals surface area contributed by atoms with Crippen LogP contribution in [0, 0.1) is 0 Å². The van der Waals surface area contributed by atoms with Crippen molar-refractivity contribution < 1.29 is 9.47 Å². The average Bonchev–Trinajstić information content (AvgIpc) is 2.62. The fourth-order valence-electron chi connectivity index (χ4n) is 2.28. The molecule has 0 aliphatic carbocycles. The van der Waals surface area contributed by atoms with Gasteiger partial charge in [0.15, 0.2) is 5.96 Å². The van der Waals surface area contributed by atoms with Gasteiger partial charge in [-0.3, -0.25) is 4.99 Å². The molecule has 2 rings (SSSR count). The molecule has 5 heteroatoms. The molecule has 0 radical (unpaired) electrons. The first-order valence-corrected chi connectivity index (χ1v) is 7.46. The fraction of sp³-hybridized carbons (Fsp3) is 0.278. The Labute approximate surface area is 137 Å². The van der Waals surface area contributed by atoms with Crippen LogP contribution < -0.4 is 20.1 Å². The zero-order chi connectivity index (χ0) is 16.5. The molecule has 23 heavy (non-hydrogen) atoms. The summed E-state index contributed by atoms with van der Waals surface area (Å²) in [5.41, 5.74) is 2.16. The van der Waals surface area contributed by atoms with Crippen molar-refractivity contribution in [1.82, 2.24) is 10.6 Å². The molecule has 2 aromatic rings. The van der Waals surface area contributed by atoms with Gasteiger partial charge in [-0.2, -0.15) is 0 Å². The van der Waals surface area contributed by atoms with Crippen molar-refractivity contribution in [3.05, 3.63) is 59.7 Å². The van der Waals surface area contributed by atoms with Crippen molar-refractivity contribution in [2.45, 2.75) is 13.1 Å². The van der Waals surface area contributed by atoms with E-state index in [-0.39, 0.29) is 0 Å². The number of hydrogen-bond acceptors (Lipinski definition) is 3. The topological polar surface area (TPSA) is 54.9 Å². The highest BCUT2D eigenvalue weighted by molar-refractivity contribution is 5.79. The molecule has 2 aromatic carbocycles. The molecule has 0 aliphatic rings. The Kier molecular flexibility index (Phi) is 6.29. The van der Waals surface area contributed by atoms with Crippen LogP contribution in [0.5, 0.6) is 11.5 Å². The lowest BCUT2D eigenvalue weighted by Crippen LogP contribution is -2.36. The molecular formula is C18H23N3O2. The van der Waals surface area contributed by atoms with Crippen LogP contribution in [-0.4, -0.2) is 27.2 Å². The Morgan fingerprint density at radius 3 is 1.65 bits per heavy atom. The largest absolute Gasteiger partial charge is 0.496 e. The van der Waals surface area contributed by atoms with Gasteiger partial charge in [-0.1, -0.05) is 36.4 Å². The molecule has 5 nitrogen and oxygen atoms in total. The monoisotopic (exact) mass is 313 g/mol. The average molecular weight is 313 g/mol. The maximum atomic E-state index is 5.35. The number of aliphatic imine (C=N–C) groups is 1. The highest BCUT2D eigenvalue weighted by Crippen LogP contribution is 2.17. The highest BCUT2D eigenvalue weighted by Gasteiger charge is 2.05. The first-order valence-electron chi connectivity index (χ1n) is 7.46. The molecule has 0 bridgehead atoms. The standard InChI is InChI=1S/C18H23N3O2/c1-19-18(20-12-14-8-4-6-10-16(14)22-2)21-13-15-9-5-7-11-17(15)23-3/h4-11H,12-13H2,1-3H3,(H2,19,20,21). The summed E-state index contributed by atoms with van der Waals surface area (Å²) in [7, 11) is 5.10. The van der Waals surface area contributed by atoms with Gasteiger partial charge in [-0.05, 0) is 12.1 Å². The van der Waals surface area contributed by atoms with Gasteiger partial charge in [0.05, 0.1) is 14.2 Å². The van der Waals surface area contributed by atoms with Gasteiger partial charge in [-0.15, -0.1) is 0 Å². The number of rotatable bonds is 6. The second-order valence-electron chi connectivity index (χ2n) is 4.90. The Bertz CT molecular complexity index is 603. The minimum atomic E-state index is 0.635. The number of nitrogens with zero attached hydrogens (tertiary/aromatic N) is 1. The van der Waals surface area contributed by atoms with Crippen molar-refractivity contribution in [3.8, 4) is 11.5 Å². The third-order valence-corrected chi connectivity index (χ3v) is 3.50. The molecule has 0 saturated heterocycles. The molecule has 0 aliphatic heterocycles. The Hall–Kier alpha value is -2.69. The number of para-hydroxylation sites is 2. The van der Waals surface area contributed by atoms with E-state index in [2.05, 4.69) is 15.6 Å². The molecule has 0 saturated carbocycles. The lowest BCUT2D eigenvalue weighted by atomic mass is 10.2. The minimum absolute atomic E-state index is 0.635. The summed E-state index contributed by atoms with van der Waals surface area (Å²) in [6.07, 6.45) is 0. The van der Waals surface area contributed by atoms with E-state index in [1.54, 1.807) is 21.3 Å². The summed E-state index contributed by atoms with van der Waals surface area (Å²) in [6, 6.07) is 15.8. The van der Waals surface area contributed by atoms with Crippen LogP contribution in [-0.2, 0) is 13.1 Å². The van der Waals surface area contributed by atoms with Crippen molar-refractivity contribution >= 4 is 5.96 Å². The quantitative estimate of drug-likeness (QED) is 0.636. The molecular weight excluding hydrogens is 290 g/mol. The molecule has 0 unspecified atom stereocenters. The van der Waals surface area contributed by atoms with Gasteiger partial charge in [0.25, 0.3) is 0 Å². The normalized spacial score (nSPS) is 9.87. The summed E-state index contributed by atoms with van der Waals surface area (Å²) >= 11 is 0. The van der Waals surface area contributed by atoms with E-state index in [4.69, 9.17) is 9.47 Å². The summed E-state index contributed by atoms with van der Waals surface area (Å²) in [5.74, 6) is 2.45. The lowest BCUT2D eigenvalue weighted by Gasteiger charge is -2.15. The van der Waals surface area contributed by atoms with E-state index in [1.165, 1.54) is 0 Å². The zero-order valence-corrected chi connectivity index (χ0v) is 13.8. The zero-order valence-electron chi connectivity index (χ0n) is 13.8. The number of ether oxygens (including phenoxy) is 2. The summed E-state index contributed by atoms with van der Waals surface area (Å²) < 4.78 is 10.7. The second-order valence-corrected chi connectivity index (χ2v) is 4.90. The predicted octanol–water partition coefficient (Wildman–Crippen LogP) is 2.57. The maximum Gasteiger partial charge on any atom is 0.191 e. The van der Waals surface area contributed by atoms with Crippen molar-refractivity contribution in [1.29, 1.82) is 0 Å². The molecule has 122 valence electrons. The first-order chi connectivity index (χ1) is 11.3. The van der Waals surface area contributed by atoms with E-state index >= 15 is 0 Å². The van der Waals surface area contributed by atoms with E-state index < -0.39 is 0 Å². The molecule has 0 heterocycles. The maximum absolute atomic E-state index is 5.35. The van der Waals surface area contributed by atoms with E-state index in [9.17, 15) is 0 Å². The van der Waals surface area contributed by atoms with Crippen molar-refractivity contribution in [3.63, 3.8) is 0 Å². The van der Waals surface area contributed by atoms with Gasteiger partial charge in [0, 0.05) is 31.3 Å². The molecule has 2 N–H and O–H groups in total. The minimum Gasteiger partial charge on any atom is -0.496 e. The first kappa shape index (κ1) is 16.7. The molecule has 0 fully saturated rings. The third kappa shape index (κ3) is 4.64. The fourth-order valence-corrected chi connectivity index (χ4v) is 2.28. The Morgan fingerprint density at radius 2 is 1.26 bits per heavy atom. The lowest BCUT2D eigenvalue weighted by molar-refractivity contribution is 0.408. The molecule has 0 aromatic heterocycles. The van der Waals surface area contributed by atoms with Gasteiger partial charge in [0.1, 0.15) is 11.5 Å². The summed E-state index contributed by atoms with van der Waals surface area (Å²) in [5, 5.41) is 6.57. The van der Waals surface area contributed by atoms with Crippen molar-refractivity contribution in [2.24, 2.45) is 4.99 Å². The van der Waals surface area contributed by atoms with E-state index in [1.807, 2.05) is 48.5 Å². The second kappa shape index (κ2) is 8.68. The van der Waals surface area contributed by atoms with Crippen LogP contribution >= 0.6 is 0 Å². The van der Waals surface area contributed by atoms with Crippen LogP contribution in [0.15, 0.2) is 53.5 Å². The van der Waals surface area contributed by atoms with Crippen LogP contribution in [0.1, 0.15) is 11.1 Å². The van der Waals surface area contributed by atoms with Crippen LogP contribution in [0.4, 0.5) is 0 Å². The van der Waals surface area contributed by atoms with E-state index in [0.717, 1.165) is 28.6 Å².